The van der Waals surface area contributed by atoms with E-state index in [-0.39, 0.29) is 33.8 Å². The second kappa shape index (κ2) is 8.42. The number of hydrogen-bond donors (Lipinski definition) is 1. The summed E-state index contributed by atoms with van der Waals surface area (Å²) < 4.78 is 62.6. The number of hydrogen-bond acceptors (Lipinski definition) is 6. The fraction of sp³-hybridized carbons (Fsp3) is 0.500. The Hall–Kier alpha value is -2.86. The molecule has 3 aromatic rings. The third-order valence-corrected chi connectivity index (χ3v) is 7.71. The van der Waals surface area contributed by atoms with Crippen LogP contribution in [0.1, 0.15) is 48.8 Å². The third kappa shape index (κ3) is 4.43. The SMILES string of the molecule is CC(F)(F)c1nc2cc(S(=O)(=O)n3cc(C(=O)NC4CC4)cn3)ccc2n1CC1CCOCC1. The van der Waals surface area contributed by atoms with Crippen molar-refractivity contribution in [1.82, 2.24) is 24.1 Å². The molecule has 9 nitrogen and oxygen atoms in total. The van der Waals surface area contributed by atoms with E-state index in [0.717, 1.165) is 38.8 Å². The van der Waals surface area contributed by atoms with Crippen molar-refractivity contribution >= 4 is 27.0 Å². The van der Waals surface area contributed by atoms with E-state index in [1.807, 2.05) is 0 Å². The van der Waals surface area contributed by atoms with Crippen molar-refractivity contribution < 1.29 is 26.7 Å². The van der Waals surface area contributed by atoms with Crippen LogP contribution in [0.2, 0.25) is 0 Å². The van der Waals surface area contributed by atoms with Gasteiger partial charge in [-0.15, -0.1) is 0 Å². The van der Waals surface area contributed by atoms with Gasteiger partial charge in [0.25, 0.3) is 15.9 Å². The zero-order chi connectivity index (χ0) is 24.1. The van der Waals surface area contributed by atoms with Crippen LogP contribution in [0.5, 0.6) is 0 Å². The van der Waals surface area contributed by atoms with Crippen molar-refractivity contribution in [3.05, 3.63) is 42.0 Å². The molecule has 1 aliphatic carbocycles. The molecule has 1 amide bonds. The van der Waals surface area contributed by atoms with Gasteiger partial charge in [-0.1, -0.05) is 0 Å². The Morgan fingerprint density at radius 2 is 1.97 bits per heavy atom. The van der Waals surface area contributed by atoms with Crippen molar-refractivity contribution in [2.45, 2.75) is 56.0 Å². The summed E-state index contributed by atoms with van der Waals surface area (Å²) in [5.41, 5.74) is 0.723. The number of nitrogens with zero attached hydrogens (tertiary/aromatic N) is 4. The van der Waals surface area contributed by atoms with Gasteiger partial charge in [0, 0.05) is 32.7 Å². The molecule has 1 N–H and O–H groups in total. The predicted molar refractivity (Wildman–Crippen MR) is 118 cm³/mol. The zero-order valence-corrected chi connectivity index (χ0v) is 19.4. The maximum atomic E-state index is 14.4. The molecule has 1 saturated heterocycles. The number of fused-ring (bicyclic) bond motifs is 1. The molecule has 5 rings (SSSR count). The summed E-state index contributed by atoms with van der Waals surface area (Å²) in [6, 6.07) is 4.24. The molecule has 34 heavy (non-hydrogen) atoms. The van der Waals surface area contributed by atoms with E-state index < -0.39 is 21.8 Å². The highest BCUT2D eigenvalue weighted by molar-refractivity contribution is 7.89. The van der Waals surface area contributed by atoms with Gasteiger partial charge in [-0.25, -0.2) is 4.98 Å². The molecule has 1 saturated carbocycles. The second-order valence-electron chi connectivity index (χ2n) is 9.00. The highest BCUT2D eigenvalue weighted by Crippen LogP contribution is 2.32. The maximum Gasteiger partial charge on any atom is 0.302 e. The lowest BCUT2D eigenvalue weighted by Crippen LogP contribution is -2.25. The summed E-state index contributed by atoms with van der Waals surface area (Å²) in [4.78, 5) is 16.2. The van der Waals surface area contributed by atoms with Crippen LogP contribution in [-0.2, 0) is 27.2 Å². The summed E-state index contributed by atoms with van der Waals surface area (Å²) in [6.45, 7) is 2.30. The van der Waals surface area contributed by atoms with Crippen LogP contribution < -0.4 is 5.32 Å². The smallest absolute Gasteiger partial charge is 0.302 e. The predicted octanol–water partition coefficient (Wildman–Crippen LogP) is 2.90. The molecule has 3 heterocycles. The number of nitrogens with one attached hydrogen (secondary N) is 1. The van der Waals surface area contributed by atoms with E-state index in [2.05, 4.69) is 15.4 Å². The summed E-state index contributed by atoms with van der Waals surface area (Å²) in [6.07, 6.45) is 5.66. The lowest BCUT2D eigenvalue weighted by atomic mass is 10.00. The maximum absolute atomic E-state index is 14.4. The van der Waals surface area contributed by atoms with Crippen LogP contribution in [0.3, 0.4) is 0 Å². The standard InChI is InChI=1S/C22H25F2N5O4S/c1-22(23,24)21-27-18-10-17(4-5-19(18)28(21)12-14-6-8-33-9-7-14)34(31,32)29-13-15(11-25-29)20(30)26-16-2-3-16/h4-5,10-11,13-14,16H,2-3,6-9,12H2,1H3,(H,26,30). The van der Waals surface area contributed by atoms with Gasteiger partial charge in [-0.05, 0) is 49.8 Å². The topological polar surface area (TPSA) is 108 Å². The van der Waals surface area contributed by atoms with Crippen LogP contribution in [0.15, 0.2) is 35.5 Å². The van der Waals surface area contributed by atoms with Gasteiger partial charge < -0.3 is 14.6 Å². The molecular formula is C22H25F2N5O4S. The van der Waals surface area contributed by atoms with E-state index in [0.29, 0.717) is 29.4 Å². The number of halogens is 2. The minimum atomic E-state index is -4.15. The van der Waals surface area contributed by atoms with Gasteiger partial charge in [0.05, 0.1) is 33.9 Å². The molecule has 1 aromatic carbocycles. The number of rotatable bonds is 7. The number of carbonyl (C=O) groups excluding carboxylic acids is 1. The van der Waals surface area contributed by atoms with E-state index in [4.69, 9.17) is 4.74 Å². The fourth-order valence-electron chi connectivity index (χ4n) is 4.14. The molecule has 182 valence electrons. The molecule has 0 unspecified atom stereocenters. The largest absolute Gasteiger partial charge is 0.381 e. The number of aromatic nitrogens is 4. The van der Waals surface area contributed by atoms with Crippen molar-refractivity contribution in [2.24, 2.45) is 5.92 Å². The van der Waals surface area contributed by atoms with E-state index in [9.17, 15) is 22.0 Å². The van der Waals surface area contributed by atoms with Crippen molar-refractivity contribution in [3.8, 4) is 0 Å². The van der Waals surface area contributed by atoms with Crippen LogP contribution in [-0.4, -0.2) is 52.3 Å². The molecule has 1 aliphatic heterocycles. The fourth-order valence-corrected chi connectivity index (χ4v) is 5.28. The number of benzene rings is 1. The first-order chi connectivity index (χ1) is 16.1. The van der Waals surface area contributed by atoms with E-state index in [1.165, 1.54) is 29.0 Å². The molecule has 2 fully saturated rings. The number of carbonyl (C=O) groups is 1. The number of ether oxygens (including phenoxy) is 1. The molecule has 0 atom stereocenters. The molecule has 2 aromatic heterocycles. The summed E-state index contributed by atoms with van der Waals surface area (Å²) >= 11 is 0. The lowest BCUT2D eigenvalue weighted by molar-refractivity contribution is 0.00222. The Morgan fingerprint density at radius 1 is 1.24 bits per heavy atom. The van der Waals surface area contributed by atoms with Crippen LogP contribution in [0.4, 0.5) is 8.78 Å². The normalized spacial score (nSPS) is 17.9. The highest BCUT2D eigenvalue weighted by atomic mass is 32.2. The summed E-state index contributed by atoms with van der Waals surface area (Å²) in [5.74, 6) is -3.82. The molecular weight excluding hydrogens is 468 g/mol. The molecule has 2 aliphatic rings. The quantitative estimate of drug-likeness (QED) is 0.542. The molecule has 12 heteroatoms. The van der Waals surface area contributed by atoms with Crippen molar-refractivity contribution in [1.29, 1.82) is 0 Å². The van der Waals surface area contributed by atoms with Crippen LogP contribution in [0.25, 0.3) is 11.0 Å². The van der Waals surface area contributed by atoms with Crippen LogP contribution >= 0.6 is 0 Å². The summed E-state index contributed by atoms with van der Waals surface area (Å²) in [5, 5.41) is 6.62. The first-order valence-corrected chi connectivity index (χ1v) is 12.6. The average Bonchev–Trinajstić information content (AvgIpc) is 3.32. The number of alkyl halides is 2. The Morgan fingerprint density at radius 3 is 2.65 bits per heavy atom. The molecule has 0 radical (unpaired) electrons. The lowest BCUT2D eigenvalue weighted by Gasteiger charge is -2.24. The van der Waals surface area contributed by atoms with Crippen molar-refractivity contribution in [2.75, 3.05) is 13.2 Å². The summed E-state index contributed by atoms with van der Waals surface area (Å²) in [7, 11) is -4.15. The Labute approximate surface area is 195 Å². The zero-order valence-electron chi connectivity index (χ0n) is 18.6. The first-order valence-electron chi connectivity index (χ1n) is 11.2. The van der Waals surface area contributed by atoms with Gasteiger partial charge >= 0.3 is 5.92 Å². The Bertz CT molecular complexity index is 1340. The second-order valence-corrected chi connectivity index (χ2v) is 10.8. The van der Waals surface area contributed by atoms with E-state index >= 15 is 0 Å². The van der Waals surface area contributed by atoms with Crippen LogP contribution in [0, 0.1) is 5.92 Å². The van der Waals surface area contributed by atoms with E-state index in [1.54, 1.807) is 0 Å². The highest BCUT2D eigenvalue weighted by Gasteiger charge is 2.33. The average molecular weight is 494 g/mol. The molecule has 0 spiro atoms. The van der Waals surface area contributed by atoms with Gasteiger partial charge in [0.15, 0.2) is 5.82 Å². The van der Waals surface area contributed by atoms with Gasteiger partial charge in [0.1, 0.15) is 0 Å². The first kappa shape index (κ1) is 22.9. The number of imidazole rings is 1. The number of amides is 1. The Kier molecular flexibility index (Phi) is 5.67. The van der Waals surface area contributed by atoms with Gasteiger partial charge in [0.2, 0.25) is 0 Å². The minimum Gasteiger partial charge on any atom is -0.381 e. The molecule has 0 bridgehead atoms. The van der Waals surface area contributed by atoms with Crippen molar-refractivity contribution in [3.63, 3.8) is 0 Å². The third-order valence-electron chi connectivity index (χ3n) is 6.17. The Balaban J connectivity index is 1.48. The van der Waals surface area contributed by atoms with Gasteiger partial charge in [-0.2, -0.15) is 26.4 Å². The minimum absolute atomic E-state index is 0.122. The van der Waals surface area contributed by atoms with Gasteiger partial charge in [-0.3, -0.25) is 4.79 Å². The monoisotopic (exact) mass is 493 g/mol.